The average molecular weight is 557 g/mol. The van der Waals surface area contributed by atoms with Crippen LogP contribution in [0.4, 0.5) is 20.2 Å². The summed E-state index contributed by atoms with van der Waals surface area (Å²) in [5.41, 5.74) is 8.08. The van der Waals surface area contributed by atoms with Gasteiger partial charge in [0.1, 0.15) is 29.1 Å². The first-order valence-electron chi connectivity index (χ1n) is 12.7. The molecule has 0 saturated heterocycles. The largest absolute Gasteiger partial charge is 0.446 e. The predicted octanol–water partition coefficient (Wildman–Crippen LogP) is 5.94. The zero-order chi connectivity index (χ0) is 28.1. The third kappa shape index (κ3) is 5.18. The van der Waals surface area contributed by atoms with Crippen molar-refractivity contribution in [2.24, 2.45) is 5.41 Å². The lowest BCUT2D eigenvalue weighted by Crippen LogP contribution is -2.48. The smallest absolute Gasteiger partial charge is 0.262 e. The molecule has 12 heteroatoms. The van der Waals surface area contributed by atoms with E-state index in [1.165, 1.54) is 11.2 Å². The fraction of sp³-hybridized carbons (Fsp3) is 0.444. The Morgan fingerprint density at radius 2 is 2.03 bits per heavy atom. The van der Waals surface area contributed by atoms with Crippen LogP contribution in [0.3, 0.4) is 0 Å². The summed E-state index contributed by atoms with van der Waals surface area (Å²) in [6.07, 6.45) is 1.45. The molecule has 0 spiro atoms. The normalized spacial score (nSPS) is 17.1. The molecular formula is C27H31ClF2N8O. The molecule has 1 aliphatic carbocycles. The number of hydrogen-bond acceptors (Lipinski definition) is 9. The zero-order valence-corrected chi connectivity index (χ0v) is 23.2. The summed E-state index contributed by atoms with van der Waals surface area (Å²) in [6.45, 7) is 10.5. The number of aryl methyl sites for hydroxylation is 2. The van der Waals surface area contributed by atoms with Gasteiger partial charge in [-0.2, -0.15) is 5.26 Å². The van der Waals surface area contributed by atoms with E-state index in [4.69, 9.17) is 16.0 Å². The van der Waals surface area contributed by atoms with Crippen molar-refractivity contribution in [3.63, 3.8) is 0 Å². The lowest BCUT2D eigenvalue weighted by atomic mass is 9.96. The van der Waals surface area contributed by atoms with E-state index in [2.05, 4.69) is 58.4 Å². The van der Waals surface area contributed by atoms with Crippen molar-refractivity contribution in [2.45, 2.75) is 65.5 Å². The molecule has 9 nitrogen and oxygen atoms in total. The van der Waals surface area contributed by atoms with Crippen molar-refractivity contribution in [2.75, 3.05) is 17.2 Å². The Kier molecular flexibility index (Phi) is 6.81. The highest BCUT2D eigenvalue weighted by atomic mass is 35.5. The Hall–Kier alpha value is -3.62. The van der Waals surface area contributed by atoms with Gasteiger partial charge in [0.2, 0.25) is 0 Å². The van der Waals surface area contributed by atoms with Crippen molar-refractivity contribution in [3.8, 4) is 6.07 Å². The maximum Gasteiger partial charge on any atom is 0.262 e. The van der Waals surface area contributed by atoms with E-state index >= 15 is 0 Å². The van der Waals surface area contributed by atoms with Crippen LogP contribution in [-0.2, 0) is 0 Å². The number of nitrogens with one attached hydrogen (secondary N) is 4. The van der Waals surface area contributed by atoms with E-state index in [9.17, 15) is 14.0 Å². The van der Waals surface area contributed by atoms with Gasteiger partial charge >= 0.3 is 0 Å². The summed E-state index contributed by atoms with van der Waals surface area (Å²) >= 11 is 6.69. The first-order chi connectivity index (χ1) is 18.4. The summed E-state index contributed by atoms with van der Waals surface area (Å²) in [6, 6.07) is 5.25. The number of oxazole rings is 1. The second kappa shape index (κ2) is 9.84. The molecule has 2 aromatic heterocycles. The molecule has 1 aromatic carbocycles. The van der Waals surface area contributed by atoms with E-state index in [0.717, 1.165) is 0 Å². The Balaban J connectivity index is 1.56. The number of aromatic nitrogens is 2. The molecule has 0 radical (unpaired) electrons. The summed E-state index contributed by atoms with van der Waals surface area (Å²) in [5, 5.41) is 19.2. The molecule has 1 saturated carbocycles. The van der Waals surface area contributed by atoms with Crippen LogP contribution in [0.1, 0.15) is 62.6 Å². The maximum absolute atomic E-state index is 13.8. The number of hydrazine groups is 2. The average Bonchev–Trinajstić information content (AvgIpc) is 3.41. The predicted molar refractivity (Wildman–Crippen MR) is 146 cm³/mol. The number of halogens is 3. The van der Waals surface area contributed by atoms with Gasteiger partial charge in [-0.15, -0.1) is 5.53 Å². The first-order valence-corrected chi connectivity index (χ1v) is 13.1. The summed E-state index contributed by atoms with van der Waals surface area (Å²) in [7, 11) is 0. The monoisotopic (exact) mass is 556 g/mol. The number of rotatable bonds is 8. The van der Waals surface area contributed by atoms with Crippen molar-refractivity contribution in [1.82, 2.24) is 25.9 Å². The molecule has 1 aliphatic heterocycles. The Morgan fingerprint density at radius 1 is 1.28 bits per heavy atom. The minimum atomic E-state index is -2.50. The molecule has 3 heterocycles. The van der Waals surface area contributed by atoms with E-state index in [-0.39, 0.29) is 5.41 Å². The lowest BCUT2D eigenvalue weighted by Gasteiger charge is -2.25. The number of hydrogen-bond donors (Lipinski definition) is 4. The topological polar surface area (TPSA) is 114 Å². The van der Waals surface area contributed by atoms with Crippen LogP contribution in [0.15, 0.2) is 34.6 Å². The minimum absolute atomic E-state index is 0.0357. The number of fused-ring (bicyclic) bond motifs is 1. The van der Waals surface area contributed by atoms with Gasteiger partial charge in [0, 0.05) is 36.9 Å². The first kappa shape index (κ1) is 27.0. The summed E-state index contributed by atoms with van der Waals surface area (Å²) in [4.78, 5) is 9.00. The van der Waals surface area contributed by atoms with Crippen molar-refractivity contribution >= 4 is 33.9 Å². The molecule has 39 heavy (non-hydrogen) atoms. The Labute approximate surface area is 230 Å². The Bertz CT molecular complexity index is 1490. The molecule has 1 fully saturated rings. The molecule has 0 bridgehead atoms. The van der Waals surface area contributed by atoms with Gasteiger partial charge in [-0.1, -0.05) is 32.4 Å². The quantitative estimate of drug-likeness (QED) is 0.267. The van der Waals surface area contributed by atoms with Crippen LogP contribution in [0.2, 0.25) is 5.02 Å². The van der Waals surface area contributed by atoms with Crippen LogP contribution < -0.4 is 21.6 Å². The van der Waals surface area contributed by atoms with Gasteiger partial charge in [0.25, 0.3) is 6.43 Å². The van der Waals surface area contributed by atoms with E-state index in [0.29, 0.717) is 75.3 Å². The molecule has 2 aliphatic rings. The lowest BCUT2D eigenvalue weighted by molar-refractivity contribution is 0.00911. The van der Waals surface area contributed by atoms with Crippen molar-refractivity contribution in [1.29, 1.82) is 5.26 Å². The molecular weight excluding hydrogens is 526 g/mol. The molecule has 5 rings (SSSR count). The molecule has 0 amide bonds. The summed E-state index contributed by atoms with van der Waals surface area (Å²) < 4.78 is 33.3. The standard InChI is InChI=1S/C27H31ClF2N8O/c1-14-21(34-15(2)39-14)24(20-12-38(37-36-20)27(6-7-27)25(29)30)35-17-8-18-22(33-13-26(3,4)5)16(10-31)11-32-23(18)19(28)9-17/h8-9,11-12,24-25,35-37H,6-7,13H2,1-5H3,(H,32,33)/t24-/m1/s1. The number of anilines is 2. The highest BCUT2D eigenvalue weighted by Gasteiger charge is 2.56. The highest BCUT2D eigenvalue weighted by molar-refractivity contribution is 6.35. The van der Waals surface area contributed by atoms with Crippen molar-refractivity contribution < 1.29 is 13.2 Å². The van der Waals surface area contributed by atoms with Crippen LogP contribution in [0.5, 0.6) is 0 Å². The summed E-state index contributed by atoms with van der Waals surface area (Å²) in [5.74, 6) is 1.08. The van der Waals surface area contributed by atoms with Crippen LogP contribution in [0.25, 0.3) is 10.9 Å². The van der Waals surface area contributed by atoms with Gasteiger partial charge in [0.05, 0.1) is 27.5 Å². The third-order valence-corrected chi connectivity index (χ3v) is 7.20. The maximum atomic E-state index is 13.8. The van der Waals surface area contributed by atoms with Crippen LogP contribution in [0, 0.1) is 30.6 Å². The SMILES string of the molecule is Cc1nc([C@H](Nc2cc(Cl)c3ncc(C#N)c(NCC(C)(C)C)c3c2)C2=CN(C3(C(F)F)CC3)NN2)c(C)o1. The number of nitrogens with zero attached hydrogens (tertiary/aromatic N) is 4. The molecule has 3 aromatic rings. The molecule has 4 N–H and O–H groups in total. The van der Waals surface area contributed by atoms with Gasteiger partial charge in [-0.05, 0) is 37.3 Å². The Morgan fingerprint density at radius 3 is 2.62 bits per heavy atom. The third-order valence-electron chi connectivity index (χ3n) is 6.91. The number of benzene rings is 1. The number of alkyl halides is 2. The minimum Gasteiger partial charge on any atom is -0.446 e. The fourth-order valence-electron chi connectivity index (χ4n) is 4.65. The van der Waals surface area contributed by atoms with Gasteiger partial charge < -0.3 is 20.5 Å². The van der Waals surface area contributed by atoms with Gasteiger partial charge in [-0.25, -0.2) is 13.8 Å². The zero-order valence-electron chi connectivity index (χ0n) is 22.4. The van der Waals surface area contributed by atoms with E-state index in [1.807, 2.05) is 6.07 Å². The number of pyridine rings is 1. The highest BCUT2D eigenvalue weighted by Crippen LogP contribution is 2.47. The second-order valence-electron chi connectivity index (χ2n) is 11.3. The molecule has 1 atom stereocenters. The van der Waals surface area contributed by atoms with Crippen molar-refractivity contribution in [3.05, 3.63) is 58.2 Å². The van der Waals surface area contributed by atoms with E-state index in [1.54, 1.807) is 26.1 Å². The second-order valence-corrected chi connectivity index (χ2v) is 11.7. The van der Waals surface area contributed by atoms with Gasteiger partial charge in [-0.3, -0.25) is 9.99 Å². The van der Waals surface area contributed by atoms with E-state index < -0.39 is 18.0 Å². The van der Waals surface area contributed by atoms with Crippen LogP contribution >= 0.6 is 11.6 Å². The van der Waals surface area contributed by atoms with Gasteiger partial charge in [0.15, 0.2) is 5.89 Å². The number of nitriles is 1. The molecule has 206 valence electrons. The fourth-order valence-corrected chi connectivity index (χ4v) is 4.92. The van der Waals surface area contributed by atoms with Crippen LogP contribution in [-0.4, -0.2) is 33.5 Å². The molecule has 0 unspecified atom stereocenters.